The molecule has 0 radical (unpaired) electrons. The summed E-state index contributed by atoms with van der Waals surface area (Å²) in [6, 6.07) is 0. The van der Waals surface area contributed by atoms with Gasteiger partial charge in [-0.1, -0.05) is 49.9 Å². The molecule has 0 unspecified atom stereocenters. The number of hydrogen-bond acceptors (Lipinski definition) is 3. The lowest BCUT2D eigenvalue weighted by atomic mass is 9.97. The van der Waals surface area contributed by atoms with Gasteiger partial charge in [0.25, 0.3) is 0 Å². The van der Waals surface area contributed by atoms with Crippen molar-refractivity contribution in [1.29, 1.82) is 0 Å². The summed E-state index contributed by atoms with van der Waals surface area (Å²) in [5.41, 5.74) is 1.36. The lowest BCUT2D eigenvalue weighted by molar-refractivity contribution is 0.143. The Bertz CT molecular complexity index is 486. The summed E-state index contributed by atoms with van der Waals surface area (Å²) >= 11 is 12.1. The van der Waals surface area contributed by atoms with Gasteiger partial charge in [-0.05, 0) is 18.4 Å². The molecule has 1 aromatic rings. The number of halogens is 2. The zero-order valence-corrected chi connectivity index (χ0v) is 12.3. The highest BCUT2D eigenvalue weighted by atomic mass is 35.5. The van der Waals surface area contributed by atoms with E-state index in [1.165, 1.54) is 0 Å². The molecule has 6 heteroatoms. The molecule has 0 aliphatic heterocycles. The van der Waals surface area contributed by atoms with E-state index in [9.17, 15) is 9.90 Å². The molecule has 0 aliphatic rings. The molecule has 0 fully saturated rings. The van der Waals surface area contributed by atoms with Gasteiger partial charge in [-0.15, -0.1) is 0 Å². The topological polar surface area (TPSA) is 66.8 Å². The summed E-state index contributed by atoms with van der Waals surface area (Å²) in [6.07, 6.45) is 1.32. The third-order valence-electron chi connectivity index (χ3n) is 2.71. The zero-order valence-electron chi connectivity index (χ0n) is 10.8. The van der Waals surface area contributed by atoms with Crippen LogP contribution in [0.4, 0.5) is 4.79 Å². The summed E-state index contributed by atoms with van der Waals surface area (Å²) in [5, 5.41) is 19.0. The minimum absolute atomic E-state index is 0.0649. The number of phenolic OH excluding ortho intramolecular Hbond substituents is 1. The van der Waals surface area contributed by atoms with Crippen molar-refractivity contribution in [2.75, 3.05) is 0 Å². The van der Waals surface area contributed by atoms with Crippen molar-refractivity contribution in [1.82, 2.24) is 0 Å². The molecular weight excluding hydrogens is 291 g/mol. The van der Waals surface area contributed by atoms with E-state index in [0.29, 0.717) is 18.4 Å². The average molecular weight is 307 g/mol. The molecule has 0 heterocycles. The standard InChI is InChI=1S/C13H16Cl2O4/c1-3-5-7-8(6-4-2)11(16)12(19-13(17)18)10(15)9(7)14/h16H,3-6H2,1-2H3,(H,17,18). The molecule has 0 amide bonds. The van der Waals surface area contributed by atoms with E-state index in [2.05, 4.69) is 4.74 Å². The van der Waals surface area contributed by atoms with Crippen molar-refractivity contribution in [3.63, 3.8) is 0 Å². The predicted octanol–water partition coefficient (Wildman–Crippen LogP) is 4.66. The van der Waals surface area contributed by atoms with Gasteiger partial charge in [0, 0.05) is 5.56 Å². The van der Waals surface area contributed by atoms with Crippen LogP contribution in [0.2, 0.25) is 10.0 Å². The lowest BCUT2D eigenvalue weighted by Gasteiger charge is -2.17. The van der Waals surface area contributed by atoms with Crippen LogP contribution >= 0.6 is 23.2 Å². The fourth-order valence-corrected chi connectivity index (χ4v) is 2.50. The van der Waals surface area contributed by atoms with Gasteiger partial charge in [-0.25, -0.2) is 4.79 Å². The summed E-state index contributed by atoms with van der Waals surface area (Å²) < 4.78 is 4.53. The van der Waals surface area contributed by atoms with Gasteiger partial charge >= 0.3 is 6.16 Å². The van der Waals surface area contributed by atoms with E-state index in [0.717, 1.165) is 18.4 Å². The number of carboxylic acid groups (broad SMARTS) is 1. The highest BCUT2D eigenvalue weighted by molar-refractivity contribution is 6.43. The molecule has 106 valence electrons. The highest BCUT2D eigenvalue weighted by Gasteiger charge is 2.23. The largest absolute Gasteiger partial charge is 0.511 e. The number of benzene rings is 1. The second-order valence-corrected chi connectivity index (χ2v) is 4.89. The van der Waals surface area contributed by atoms with E-state index in [-0.39, 0.29) is 21.5 Å². The molecule has 0 atom stereocenters. The van der Waals surface area contributed by atoms with E-state index >= 15 is 0 Å². The average Bonchev–Trinajstić information content (AvgIpc) is 2.36. The van der Waals surface area contributed by atoms with E-state index in [1.54, 1.807) is 0 Å². The maximum atomic E-state index is 10.6. The van der Waals surface area contributed by atoms with Crippen LogP contribution in [-0.4, -0.2) is 16.4 Å². The van der Waals surface area contributed by atoms with Crippen LogP contribution in [0.5, 0.6) is 11.5 Å². The number of ether oxygens (including phenoxy) is 1. The molecule has 1 rings (SSSR count). The number of hydrogen-bond donors (Lipinski definition) is 2. The molecule has 0 spiro atoms. The lowest BCUT2D eigenvalue weighted by Crippen LogP contribution is -2.06. The van der Waals surface area contributed by atoms with E-state index in [1.807, 2.05) is 13.8 Å². The van der Waals surface area contributed by atoms with Crippen LogP contribution in [0, 0.1) is 0 Å². The Kier molecular flexibility index (Phi) is 5.76. The van der Waals surface area contributed by atoms with Gasteiger partial charge < -0.3 is 14.9 Å². The number of phenols is 1. The van der Waals surface area contributed by atoms with Crippen molar-refractivity contribution >= 4 is 29.4 Å². The van der Waals surface area contributed by atoms with Gasteiger partial charge in [-0.2, -0.15) is 0 Å². The molecule has 1 aromatic carbocycles. The summed E-state index contributed by atoms with van der Waals surface area (Å²) in [6.45, 7) is 3.94. The quantitative estimate of drug-likeness (QED) is 0.613. The van der Waals surface area contributed by atoms with Crippen LogP contribution in [0.1, 0.15) is 37.8 Å². The van der Waals surface area contributed by atoms with Crippen LogP contribution in [-0.2, 0) is 12.8 Å². The van der Waals surface area contributed by atoms with Crippen LogP contribution < -0.4 is 4.74 Å². The number of carbonyl (C=O) groups is 1. The number of rotatable bonds is 5. The van der Waals surface area contributed by atoms with Gasteiger partial charge in [0.2, 0.25) is 0 Å². The molecule has 2 N–H and O–H groups in total. The first-order valence-electron chi connectivity index (χ1n) is 6.06. The van der Waals surface area contributed by atoms with Crippen molar-refractivity contribution in [3.05, 3.63) is 21.2 Å². The first kappa shape index (κ1) is 15.9. The van der Waals surface area contributed by atoms with Gasteiger partial charge in [0.1, 0.15) is 5.02 Å². The fourth-order valence-electron chi connectivity index (χ4n) is 1.96. The molecule has 0 saturated carbocycles. The Labute approximate surface area is 121 Å². The van der Waals surface area contributed by atoms with Crippen molar-refractivity contribution in [2.24, 2.45) is 0 Å². The summed E-state index contributed by atoms with van der Waals surface area (Å²) in [7, 11) is 0. The van der Waals surface area contributed by atoms with Crippen LogP contribution in [0.3, 0.4) is 0 Å². The first-order chi connectivity index (χ1) is 8.93. The normalized spacial score (nSPS) is 10.5. The molecule has 0 aromatic heterocycles. The molecule has 0 bridgehead atoms. The monoisotopic (exact) mass is 306 g/mol. The smallest absolute Gasteiger partial charge is 0.504 e. The third-order valence-corrected chi connectivity index (χ3v) is 3.59. The molecule has 19 heavy (non-hydrogen) atoms. The molecular formula is C13H16Cl2O4. The van der Waals surface area contributed by atoms with Gasteiger partial charge in [0.15, 0.2) is 11.5 Å². The minimum atomic E-state index is -1.54. The Hall–Kier alpha value is -1.13. The van der Waals surface area contributed by atoms with Crippen molar-refractivity contribution in [2.45, 2.75) is 39.5 Å². The van der Waals surface area contributed by atoms with Crippen LogP contribution in [0.25, 0.3) is 0 Å². The van der Waals surface area contributed by atoms with E-state index < -0.39 is 6.16 Å². The van der Waals surface area contributed by atoms with Gasteiger partial charge in [0.05, 0.1) is 5.02 Å². The molecule has 0 saturated heterocycles. The summed E-state index contributed by atoms with van der Waals surface area (Å²) in [4.78, 5) is 10.6. The maximum absolute atomic E-state index is 10.6. The van der Waals surface area contributed by atoms with Crippen molar-refractivity contribution in [3.8, 4) is 11.5 Å². The fraction of sp³-hybridized carbons (Fsp3) is 0.462. The number of aromatic hydroxyl groups is 1. The maximum Gasteiger partial charge on any atom is 0.511 e. The first-order valence-corrected chi connectivity index (χ1v) is 6.81. The second kappa shape index (κ2) is 6.87. The van der Waals surface area contributed by atoms with Gasteiger partial charge in [-0.3, -0.25) is 0 Å². The van der Waals surface area contributed by atoms with E-state index in [4.69, 9.17) is 28.3 Å². The Balaban J connectivity index is 3.47. The Morgan fingerprint density at radius 3 is 2.11 bits per heavy atom. The molecule has 4 nitrogen and oxygen atoms in total. The predicted molar refractivity (Wildman–Crippen MR) is 74.8 cm³/mol. The Morgan fingerprint density at radius 1 is 1.11 bits per heavy atom. The summed E-state index contributed by atoms with van der Waals surface area (Å²) in [5.74, 6) is -0.524. The Morgan fingerprint density at radius 2 is 1.63 bits per heavy atom. The zero-order chi connectivity index (χ0) is 14.6. The minimum Gasteiger partial charge on any atom is -0.504 e. The molecule has 0 aliphatic carbocycles. The highest BCUT2D eigenvalue weighted by Crippen LogP contribution is 2.46. The third kappa shape index (κ3) is 3.45. The SMILES string of the molecule is CCCc1c(O)c(OC(=O)O)c(Cl)c(Cl)c1CCC. The second-order valence-electron chi connectivity index (χ2n) is 4.13. The van der Waals surface area contributed by atoms with Crippen LogP contribution in [0.15, 0.2) is 0 Å². The van der Waals surface area contributed by atoms with Crippen molar-refractivity contribution < 1.29 is 19.7 Å².